The van der Waals surface area contributed by atoms with Crippen LogP contribution in [-0.2, 0) is 4.79 Å². The zero-order valence-electron chi connectivity index (χ0n) is 14.4. The molecule has 0 radical (unpaired) electrons. The van der Waals surface area contributed by atoms with Crippen molar-refractivity contribution in [2.45, 2.75) is 33.8 Å². The molecule has 0 saturated carbocycles. The number of nitrogens with one attached hydrogen (secondary N) is 2. The first-order valence-electron chi connectivity index (χ1n) is 7.75. The van der Waals surface area contributed by atoms with E-state index in [0.717, 1.165) is 0 Å². The van der Waals surface area contributed by atoms with Gasteiger partial charge in [-0.1, -0.05) is 13.8 Å². The quantitative estimate of drug-likeness (QED) is 0.718. The van der Waals surface area contributed by atoms with Gasteiger partial charge in [-0.05, 0) is 32.0 Å². The Kier molecular flexibility index (Phi) is 7.38. The fourth-order valence-electron chi connectivity index (χ4n) is 1.83. The Morgan fingerprint density at radius 2 is 1.70 bits per heavy atom. The molecule has 0 fully saturated rings. The number of benzene rings is 1. The number of hydrogen-bond donors (Lipinski definition) is 2. The largest absolute Gasteiger partial charge is 0.493 e. The maximum Gasteiger partial charge on any atom is 0.251 e. The highest BCUT2D eigenvalue weighted by molar-refractivity contribution is 5.94. The molecule has 0 spiro atoms. The van der Waals surface area contributed by atoms with Gasteiger partial charge in [0, 0.05) is 24.6 Å². The van der Waals surface area contributed by atoms with Crippen LogP contribution in [0.15, 0.2) is 18.2 Å². The van der Waals surface area contributed by atoms with Crippen LogP contribution in [0.3, 0.4) is 0 Å². The standard InChI is InChI=1S/C17H26N2O4/c1-11(2)16(20)18-8-9-19-17(21)13-6-7-14(23-12(3)4)15(10-13)22-5/h6-7,10-12H,8-9H2,1-5H3,(H,18,20)(H,19,21). The van der Waals surface area contributed by atoms with E-state index in [1.165, 1.54) is 7.11 Å². The zero-order chi connectivity index (χ0) is 17.4. The fraction of sp³-hybridized carbons (Fsp3) is 0.529. The Balaban J connectivity index is 2.58. The van der Waals surface area contributed by atoms with E-state index in [1.54, 1.807) is 18.2 Å². The van der Waals surface area contributed by atoms with Crippen molar-refractivity contribution in [2.24, 2.45) is 5.92 Å². The summed E-state index contributed by atoms with van der Waals surface area (Å²) < 4.78 is 10.9. The number of rotatable bonds is 8. The molecule has 0 heterocycles. The van der Waals surface area contributed by atoms with Crippen LogP contribution in [0, 0.1) is 5.92 Å². The molecule has 0 bridgehead atoms. The third kappa shape index (κ3) is 6.18. The second-order valence-electron chi connectivity index (χ2n) is 5.73. The molecular formula is C17H26N2O4. The Bertz CT molecular complexity index is 541. The van der Waals surface area contributed by atoms with Crippen molar-refractivity contribution >= 4 is 11.8 Å². The van der Waals surface area contributed by atoms with Gasteiger partial charge in [0.25, 0.3) is 5.91 Å². The van der Waals surface area contributed by atoms with Crippen LogP contribution < -0.4 is 20.1 Å². The lowest BCUT2D eigenvalue weighted by molar-refractivity contribution is -0.123. The molecule has 23 heavy (non-hydrogen) atoms. The lowest BCUT2D eigenvalue weighted by atomic mass is 10.2. The zero-order valence-corrected chi connectivity index (χ0v) is 14.4. The van der Waals surface area contributed by atoms with Crippen molar-refractivity contribution in [1.82, 2.24) is 10.6 Å². The number of hydrogen-bond acceptors (Lipinski definition) is 4. The summed E-state index contributed by atoms with van der Waals surface area (Å²) >= 11 is 0. The van der Waals surface area contributed by atoms with Gasteiger partial charge >= 0.3 is 0 Å². The van der Waals surface area contributed by atoms with Crippen LogP contribution in [0.2, 0.25) is 0 Å². The van der Waals surface area contributed by atoms with Crippen molar-refractivity contribution in [1.29, 1.82) is 0 Å². The van der Waals surface area contributed by atoms with Gasteiger partial charge in [0.05, 0.1) is 13.2 Å². The van der Waals surface area contributed by atoms with E-state index >= 15 is 0 Å². The molecule has 0 saturated heterocycles. The highest BCUT2D eigenvalue weighted by atomic mass is 16.5. The molecule has 0 unspecified atom stereocenters. The number of carbonyl (C=O) groups excluding carboxylic acids is 2. The number of methoxy groups -OCH3 is 1. The number of ether oxygens (including phenoxy) is 2. The van der Waals surface area contributed by atoms with E-state index in [0.29, 0.717) is 30.2 Å². The molecule has 128 valence electrons. The lowest BCUT2D eigenvalue weighted by Gasteiger charge is -2.14. The van der Waals surface area contributed by atoms with E-state index in [1.807, 2.05) is 27.7 Å². The van der Waals surface area contributed by atoms with Crippen molar-refractivity contribution in [2.75, 3.05) is 20.2 Å². The molecule has 2 N–H and O–H groups in total. The van der Waals surface area contributed by atoms with E-state index in [-0.39, 0.29) is 23.8 Å². The lowest BCUT2D eigenvalue weighted by Crippen LogP contribution is -2.36. The third-order valence-electron chi connectivity index (χ3n) is 3.02. The van der Waals surface area contributed by atoms with E-state index in [9.17, 15) is 9.59 Å². The summed E-state index contributed by atoms with van der Waals surface area (Å²) in [4.78, 5) is 23.5. The van der Waals surface area contributed by atoms with Crippen LogP contribution >= 0.6 is 0 Å². The summed E-state index contributed by atoms with van der Waals surface area (Å²) in [6, 6.07) is 5.04. The Labute approximate surface area is 137 Å². The maximum absolute atomic E-state index is 12.1. The molecule has 0 aliphatic heterocycles. The average Bonchev–Trinajstić information content (AvgIpc) is 2.50. The second-order valence-corrected chi connectivity index (χ2v) is 5.73. The molecule has 1 rings (SSSR count). The predicted molar refractivity (Wildman–Crippen MR) is 88.9 cm³/mol. The van der Waals surface area contributed by atoms with Crippen LogP contribution in [0.5, 0.6) is 11.5 Å². The Hall–Kier alpha value is -2.24. The first-order chi connectivity index (χ1) is 10.8. The van der Waals surface area contributed by atoms with Gasteiger partial charge in [0.1, 0.15) is 0 Å². The van der Waals surface area contributed by atoms with Gasteiger partial charge in [-0.3, -0.25) is 9.59 Å². The van der Waals surface area contributed by atoms with Gasteiger partial charge in [-0.2, -0.15) is 0 Å². The van der Waals surface area contributed by atoms with E-state index in [4.69, 9.17) is 9.47 Å². The number of amides is 2. The van der Waals surface area contributed by atoms with Gasteiger partial charge < -0.3 is 20.1 Å². The highest BCUT2D eigenvalue weighted by Gasteiger charge is 2.12. The molecule has 0 aliphatic carbocycles. The monoisotopic (exact) mass is 322 g/mol. The summed E-state index contributed by atoms with van der Waals surface area (Å²) in [5.74, 6) is 0.792. The van der Waals surface area contributed by atoms with E-state index in [2.05, 4.69) is 10.6 Å². The summed E-state index contributed by atoms with van der Waals surface area (Å²) in [6.45, 7) is 8.25. The molecular weight excluding hydrogens is 296 g/mol. The van der Waals surface area contributed by atoms with Crippen LogP contribution in [0.25, 0.3) is 0 Å². The van der Waals surface area contributed by atoms with E-state index < -0.39 is 0 Å². The number of carbonyl (C=O) groups is 2. The SMILES string of the molecule is COc1cc(C(=O)NCCNC(=O)C(C)C)ccc1OC(C)C. The van der Waals surface area contributed by atoms with Gasteiger partial charge in [-0.15, -0.1) is 0 Å². The molecule has 6 heteroatoms. The van der Waals surface area contributed by atoms with Crippen LogP contribution in [0.1, 0.15) is 38.1 Å². The molecule has 0 aromatic heterocycles. The second kappa shape index (κ2) is 9.02. The van der Waals surface area contributed by atoms with Crippen molar-refractivity contribution < 1.29 is 19.1 Å². The Morgan fingerprint density at radius 1 is 1.04 bits per heavy atom. The summed E-state index contributed by atoms with van der Waals surface area (Å²) in [7, 11) is 1.53. The Morgan fingerprint density at radius 3 is 2.26 bits per heavy atom. The average molecular weight is 322 g/mol. The maximum atomic E-state index is 12.1. The van der Waals surface area contributed by atoms with Crippen LogP contribution in [0.4, 0.5) is 0 Å². The molecule has 6 nitrogen and oxygen atoms in total. The first-order valence-corrected chi connectivity index (χ1v) is 7.75. The summed E-state index contributed by atoms with van der Waals surface area (Å²) in [6.07, 6.45) is 0.0214. The molecule has 2 amide bonds. The topological polar surface area (TPSA) is 76.7 Å². The fourth-order valence-corrected chi connectivity index (χ4v) is 1.83. The van der Waals surface area contributed by atoms with Gasteiger partial charge in [-0.25, -0.2) is 0 Å². The summed E-state index contributed by atoms with van der Waals surface area (Å²) in [5.41, 5.74) is 0.480. The minimum Gasteiger partial charge on any atom is -0.493 e. The van der Waals surface area contributed by atoms with Gasteiger partial charge in [0.2, 0.25) is 5.91 Å². The summed E-state index contributed by atoms with van der Waals surface area (Å²) in [5, 5.41) is 5.50. The highest BCUT2D eigenvalue weighted by Crippen LogP contribution is 2.28. The van der Waals surface area contributed by atoms with Crippen LogP contribution in [-0.4, -0.2) is 38.1 Å². The van der Waals surface area contributed by atoms with Gasteiger partial charge in [0.15, 0.2) is 11.5 Å². The smallest absolute Gasteiger partial charge is 0.251 e. The predicted octanol–water partition coefficient (Wildman–Crippen LogP) is 1.98. The minimum atomic E-state index is -0.224. The first kappa shape index (κ1) is 18.8. The minimum absolute atomic E-state index is 0.0214. The molecule has 1 aromatic carbocycles. The normalized spacial score (nSPS) is 10.6. The van der Waals surface area contributed by atoms with Crippen molar-refractivity contribution in [3.63, 3.8) is 0 Å². The third-order valence-corrected chi connectivity index (χ3v) is 3.02. The van der Waals surface area contributed by atoms with Crippen molar-refractivity contribution in [3.8, 4) is 11.5 Å². The van der Waals surface area contributed by atoms with Crippen molar-refractivity contribution in [3.05, 3.63) is 23.8 Å². The molecule has 1 aromatic rings. The molecule has 0 aliphatic rings. The molecule has 0 atom stereocenters.